The maximum absolute atomic E-state index is 12.8. The lowest BCUT2D eigenvalue weighted by Crippen LogP contribution is -2.22. The van der Waals surface area contributed by atoms with Crippen LogP contribution in [0.2, 0.25) is 0 Å². The summed E-state index contributed by atoms with van der Waals surface area (Å²) in [6.45, 7) is 0.000412. The van der Waals surface area contributed by atoms with Crippen molar-refractivity contribution in [2.45, 2.75) is 6.54 Å². The van der Waals surface area contributed by atoms with Gasteiger partial charge in [0.1, 0.15) is 0 Å². The lowest BCUT2D eigenvalue weighted by molar-refractivity contribution is 0.0947. The topological polar surface area (TPSA) is 205 Å². The van der Waals surface area contributed by atoms with E-state index < -0.39 is 11.8 Å². The van der Waals surface area contributed by atoms with Gasteiger partial charge in [-0.05, 0) is 40.1 Å². The van der Waals surface area contributed by atoms with Gasteiger partial charge in [0.05, 0.1) is 24.0 Å². The molecular formula is C19H17N11O3. The molecule has 3 heterocycles. The number of anilines is 2. The minimum Gasteiger partial charge on any atom is -0.379 e. The standard InChI is InChI=1S/C19H17N11O3/c20-16-18(28-33-27-16)30-14(10-23-13-4-2-1-3-12(13)17(21)31)15(25-29-30)19(32)26-24-9-11-5-7-22-8-6-11/h1-9,23H,10H2,(H2,20,27)(H2,21,31)(H,26,32)/b24-9-. The van der Waals surface area contributed by atoms with E-state index in [1.54, 1.807) is 48.8 Å². The van der Waals surface area contributed by atoms with Gasteiger partial charge in [-0.15, -0.1) is 5.10 Å². The van der Waals surface area contributed by atoms with Crippen LogP contribution in [0.15, 0.2) is 58.5 Å². The van der Waals surface area contributed by atoms with Crippen LogP contribution >= 0.6 is 0 Å². The van der Waals surface area contributed by atoms with Crippen molar-refractivity contribution in [2.24, 2.45) is 10.8 Å². The summed E-state index contributed by atoms with van der Waals surface area (Å²) in [6.07, 6.45) is 4.64. The summed E-state index contributed by atoms with van der Waals surface area (Å²) in [5, 5.41) is 22.1. The number of carbonyl (C=O) groups excluding carboxylic acids is 2. The second kappa shape index (κ2) is 9.34. The zero-order valence-electron chi connectivity index (χ0n) is 16.9. The maximum Gasteiger partial charge on any atom is 0.293 e. The highest BCUT2D eigenvalue weighted by atomic mass is 16.6. The average Bonchev–Trinajstić information content (AvgIpc) is 3.44. The molecule has 0 spiro atoms. The van der Waals surface area contributed by atoms with Crippen LogP contribution in [-0.4, -0.2) is 48.3 Å². The van der Waals surface area contributed by atoms with Gasteiger partial charge in [-0.3, -0.25) is 14.6 Å². The molecule has 0 radical (unpaired) electrons. The summed E-state index contributed by atoms with van der Waals surface area (Å²) in [5.41, 5.74) is 15.3. The zero-order valence-corrected chi connectivity index (χ0v) is 16.9. The molecule has 0 unspecified atom stereocenters. The minimum atomic E-state index is -0.637. The summed E-state index contributed by atoms with van der Waals surface area (Å²) in [5.74, 6) is -1.26. The van der Waals surface area contributed by atoms with Crippen molar-refractivity contribution >= 4 is 29.5 Å². The Kier molecular flexibility index (Phi) is 5.97. The number of rotatable bonds is 8. The van der Waals surface area contributed by atoms with E-state index in [9.17, 15) is 9.59 Å². The Morgan fingerprint density at radius 3 is 2.67 bits per heavy atom. The largest absolute Gasteiger partial charge is 0.379 e. The molecule has 4 aromatic rings. The molecule has 0 aliphatic carbocycles. The number of hydrogen-bond donors (Lipinski definition) is 4. The molecule has 6 N–H and O–H groups in total. The van der Waals surface area contributed by atoms with E-state index in [1.165, 1.54) is 10.9 Å². The van der Waals surface area contributed by atoms with Gasteiger partial charge in [-0.1, -0.05) is 17.3 Å². The Morgan fingerprint density at radius 2 is 1.94 bits per heavy atom. The van der Waals surface area contributed by atoms with Crippen molar-refractivity contribution in [3.05, 3.63) is 71.3 Å². The molecule has 33 heavy (non-hydrogen) atoms. The van der Waals surface area contributed by atoms with Gasteiger partial charge in [0, 0.05) is 18.1 Å². The summed E-state index contributed by atoms with van der Waals surface area (Å²) in [6, 6.07) is 10.1. The number of aromatic nitrogens is 6. The Morgan fingerprint density at radius 1 is 1.15 bits per heavy atom. The molecule has 0 aliphatic heterocycles. The number of amides is 2. The van der Waals surface area contributed by atoms with Gasteiger partial charge in [-0.25, -0.2) is 10.1 Å². The minimum absolute atomic E-state index is 0.000412. The molecule has 0 bridgehead atoms. The number of carbonyl (C=O) groups is 2. The molecule has 1 aromatic carbocycles. The first kappa shape index (κ1) is 21.1. The number of benzene rings is 1. The van der Waals surface area contributed by atoms with Crippen molar-refractivity contribution in [3.63, 3.8) is 0 Å². The smallest absolute Gasteiger partial charge is 0.293 e. The van der Waals surface area contributed by atoms with Crippen molar-refractivity contribution in [1.29, 1.82) is 0 Å². The predicted octanol–water partition coefficient (Wildman–Crippen LogP) is 0.102. The number of hydrazone groups is 1. The highest BCUT2D eigenvalue weighted by molar-refractivity contribution is 5.98. The molecule has 0 aliphatic rings. The molecular weight excluding hydrogens is 430 g/mol. The summed E-state index contributed by atoms with van der Waals surface area (Å²) in [7, 11) is 0. The quantitative estimate of drug-likeness (QED) is 0.212. The summed E-state index contributed by atoms with van der Waals surface area (Å²) >= 11 is 0. The highest BCUT2D eigenvalue weighted by Crippen LogP contribution is 2.19. The first-order chi connectivity index (χ1) is 16.0. The number of nitrogens with one attached hydrogen (secondary N) is 2. The van der Waals surface area contributed by atoms with Gasteiger partial charge >= 0.3 is 0 Å². The average molecular weight is 447 g/mol. The summed E-state index contributed by atoms with van der Waals surface area (Å²) in [4.78, 5) is 28.4. The normalized spacial score (nSPS) is 10.9. The van der Waals surface area contributed by atoms with E-state index in [1.807, 2.05) is 0 Å². The SMILES string of the molecule is NC(=O)c1ccccc1NCc1c(C(=O)N/N=C\c2ccncc2)nnn1-c1nonc1N. The van der Waals surface area contributed by atoms with Crippen molar-refractivity contribution in [1.82, 2.24) is 35.7 Å². The van der Waals surface area contributed by atoms with Crippen LogP contribution in [0, 0.1) is 0 Å². The second-order valence-electron chi connectivity index (χ2n) is 6.51. The van der Waals surface area contributed by atoms with Crippen LogP contribution in [0.3, 0.4) is 0 Å². The molecule has 166 valence electrons. The lowest BCUT2D eigenvalue weighted by Gasteiger charge is -2.11. The molecule has 14 heteroatoms. The fraction of sp³-hybridized carbons (Fsp3) is 0.0526. The van der Waals surface area contributed by atoms with E-state index >= 15 is 0 Å². The molecule has 0 saturated carbocycles. The van der Waals surface area contributed by atoms with Gasteiger partial charge < -0.3 is 16.8 Å². The fourth-order valence-electron chi connectivity index (χ4n) is 2.84. The number of nitrogen functional groups attached to an aromatic ring is 1. The van der Waals surface area contributed by atoms with Gasteiger partial charge in [0.25, 0.3) is 11.8 Å². The number of para-hydroxylation sites is 1. The van der Waals surface area contributed by atoms with Crippen LogP contribution in [0.4, 0.5) is 11.5 Å². The monoisotopic (exact) mass is 447 g/mol. The second-order valence-corrected chi connectivity index (χ2v) is 6.51. The van der Waals surface area contributed by atoms with E-state index in [4.69, 9.17) is 11.5 Å². The molecule has 2 amide bonds. The molecule has 0 saturated heterocycles. The third-order valence-electron chi connectivity index (χ3n) is 4.40. The lowest BCUT2D eigenvalue weighted by atomic mass is 10.1. The van der Waals surface area contributed by atoms with Crippen LogP contribution in [0.25, 0.3) is 5.82 Å². The number of hydrogen-bond acceptors (Lipinski definition) is 11. The number of nitrogens with zero attached hydrogens (tertiary/aromatic N) is 7. The van der Waals surface area contributed by atoms with Crippen LogP contribution in [-0.2, 0) is 6.54 Å². The molecule has 14 nitrogen and oxygen atoms in total. The van der Waals surface area contributed by atoms with Crippen molar-refractivity contribution in [2.75, 3.05) is 11.1 Å². The van der Waals surface area contributed by atoms with E-state index in [0.717, 1.165) is 5.56 Å². The first-order valence-corrected chi connectivity index (χ1v) is 9.43. The molecule has 4 rings (SSSR count). The highest BCUT2D eigenvalue weighted by Gasteiger charge is 2.24. The first-order valence-electron chi connectivity index (χ1n) is 9.43. The van der Waals surface area contributed by atoms with Gasteiger partial charge in [0.2, 0.25) is 11.6 Å². The van der Waals surface area contributed by atoms with E-state index in [2.05, 4.69) is 46.1 Å². The number of pyridine rings is 1. The van der Waals surface area contributed by atoms with Gasteiger partial charge in [-0.2, -0.15) is 9.78 Å². The van der Waals surface area contributed by atoms with Crippen molar-refractivity contribution < 1.29 is 14.2 Å². The Labute approximate surface area is 185 Å². The number of nitrogens with two attached hydrogens (primary N) is 2. The molecule has 3 aromatic heterocycles. The predicted molar refractivity (Wildman–Crippen MR) is 115 cm³/mol. The zero-order chi connectivity index (χ0) is 23.2. The Balaban J connectivity index is 1.62. The fourth-order valence-corrected chi connectivity index (χ4v) is 2.84. The van der Waals surface area contributed by atoms with Gasteiger partial charge in [0.15, 0.2) is 5.69 Å². The van der Waals surface area contributed by atoms with Crippen LogP contribution < -0.4 is 22.2 Å². The van der Waals surface area contributed by atoms with Crippen LogP contribution in [0.1, 0.15) is 32.1 Å². The maximum atomic E-state index is 12.8. The molecule has 0 atom stereocenters. The van der Waals surface area contributed by atoms with E-state index in [-0.39, 0.29) is 35.1 Å². The Hall–Kier alpha value is -5.14. The summed E-state index contributed by atoms with van der Waals surface area (Å²) < 4.78 is 5.83. The Bertz CT molecular complexity index is 1310. The molecule has 0 fully saturated rings. The van der Waals surface area contributed by atoms with Crippen LogP contribution in [0.5, 0.6) is 0 Å². The van der Waals surface area contributed by atoms with E-state index in [0.29, 0.717) is 5.69 Å². The third-order valence-corrected chi connectivity index (χ3v) is 4.40. The van der Waals surface area contributed by atoms with Crippen molar-refractivity contribution in [3.8, 4) is 5.82 Å². The number of primary amides is 1. The third kappa shape index (κ3) is 4.63.